The minimum Gasteiger partial charge on any atom is -0.395 e. The highest BCUT2D eigenvalue weighted by Crippen LogP contribution is 2.27. The first kappa shape index (κ1) is 22.2. The van der Waals surface area contributed by atoms with Gasteiger partial charge in [0, 0.05) is 10.9 Å². The lowest BCUT2D eigenvalue weighted by Gasteiger charge is -2.32. The summed E-state index contributed by atoms with van der Waals surface area (Å²) in [4.78, 5) is 40.6. The van der Waals surface area contributed by atoms with Crippen LogP contribution in [0.15, 0.2) is 17.5 Å². The van der Waals surface area contributed by atoms with Crippen LogP contribution in [0.5, 0.6) is 0 Å². The fraction of sp³-hybridized carbons (Fsp3) is 0.500. The van der Waals surface area contributed by atoms with Crippen LogP contribution in [0.1, 0.15) is 70.5 Å². The van der Waals surface area contributed by atoms with Crippen LogP contribution >= 0.6 is 22.9 Å². The van der Waals surface area contributed by atoms with Crippen molar-refractivity contribution in [2.24, 2.45) is 5.73 Å². The van der Waals surface area contributed by atoms with Crippen molar-refractivity contribution >= 4 is 46.3 Å². The molecule has 0 unspecified atom stereocenters. The maximum Gasteiger partial charge on any atom is 0.270 e. The summed E-state index contributed by atoms with van der Waals surface area (Å²) in [6, 6.07) is 3.31. The predicted octanol–water partition coefficient (Wildman–Crippen LogP) is 2.76. The fourth-order valence-corrected chi connectivity index (χ4v) is 5.21. The molecule has 2 heterocycles. The van der Waals surface area contributed by atoms with Crippen molar-refractivity contribution in [3.63, 3.8) is 0 Å². The summed E-state index contributed by atoms with van der Waals surface area (Å²) < 4.78 is 3.94. The molecule has 0 saturated heterocycles. The molecule has 3 rings (SSSR count). The van der Waals surface area contributed by atoms with E-state index in [0.717, 1.165) is 42.1 Å². The van der Waals surface area contributed by atoms with Crippen LogP contribution < -0.4 is 16.8 Å². The number of nitrogens with zero attached hydrogens (tertiary/aromatic N) is 2. The maximum absolute atomic E-state index is 13.4. The first-order valence-electron chi connectivity index (χ1n) is 10.1. The third-order valence-corrected chi connectivity index (χ3v) is 7.05. The Morgan fingerprint density at radius 3 is 2.60 bits per heavy atom. The van der Waals surface area contributed by atoms with Crippen LogP contribution in [-0.2, 0) is 11.3 Å². The topological polar surface area (TPSA) is 131 Å². The van der Waals surface area contributed by atoms with Gasteiger partial charge in [0.1, 0.15) is 10.9 Å². The van der Waals surface area contributed by atoms with Gasteiger partial charge in [-0.25, -0.2) is 0 Å². The van der Waals surface area contributed by atoms with E-state index in [1.165, 1.54) is 22.7 Å². The molecule has 0 spiro atoms. The number of primary amides is 1. The highest BCUT2D eigenvalue weighted by molar-refractivity contribution is 7.10. The summed E-state index contributed by atoms with van der Waals surface area (Å²) in [6.07, 6.45) is 5.78. The molecule has 2 aromatic rings. The Morgan fingerprint density at radius 2 is 2.03 bits per heavy atom. The maximum atomic E-state index is 13.4. The second kappa shape index (κ2) is 10.0. The Hall–Kier alpha value is -2.46. The number of thiophene rings is 1. The number of amides is 3. The summed E-state index contributed by atoms with van der Waals surface area (Å²) in [6.45, 7) is 2.15. The number of nitrogens with two attached hydrogens (primary N) is 2. The average molecular weight is 450 g/mol. The number of hydrogen-bond acceptors (Lipinski definition) is 7. The molecule has 1 aliphatic carbocycles. The Labute approximate surface area is 183 Å². The van der Waals surface area contributed by atoms with Crippen LogP contribution in [-0.4, -0.2) is 39.1 Å². The van der Waals surface area contributed by atoms with Crippen molar-refractivity contribution in [3.8, 4) is 0 Å². The van der Waals surface area contributed by atoms with Gasteiger partial charge in [-0.15, -0.1) is 11.3 Å². The molecule has 3 amide bonds. The molecule has 0 bridgehead atoms. The Kier molecular flexibility index (Phi) is 7.43. The quantitative estimate of drug-likeness (QED) is 0.570. The van der Waals surface area contributed by atoms with E-state index in [0.29, 0.717) is 6.42 Å². The Balaban J connectivity index is 1.87. The van der Waals surface area contributed by atoms with Crippen LogP contribution in [0.25, 0.3) is 0 Å². The smallest absolute Gasteiger partial charge is 0.270 e. The van der Waals surface area contributed by atoms with Crippen LogP contribution in [0.4, 0.5) is 5.69 Å². The Bertz CT molecular complexity index is 890. The summed E-state index contributed by atoms with van der Waals surface area (Å²) >= 11 is 2.34. The van der Waals surface area contributed by atoms with Gasteiger partial charge >= 0.3 is 0 Å². The zero-order valence-electron chi connectivity index (χ0n) is 16.9. The summed E-state index contributed by atoms with van der Waals surface area (Å²) in [5.41, 5.74) is 11.1. The van der Waals surface area contributed by atoms with Gasteiger partial charge in [0.15, 0.2) is 5.69 Å². The number of carbonyl (C=O) groups is 3. The highest BCUT2D eigenvalue weighted by Gasteiger charge is 2.33. The van der Waals surface area contributed by atoms with Gasteiger partial charge in [0.25, 0.3) is 11.8 Å². The molecule has 5 N–H and O–H groups in total. The van der Waals surface area contributed by atoms with Crippen molar-refractivity contribution in [1.82, 2.24) is 14.6 Å². The van der Waals surface area contributed by atoms with Crippen LogP contribution in [0, 0.1) is 0 Å². The molecule has 10 heteroatoms. The molecule has 0 aromatic carbocycles. The van der Waals surface area contributed by atoms with Gasteiger partial charge in [0.2, 0.25) is 5.91 Å². The van der Waals surface area contributed by atoms with E-state index in [1.54, 1.807) is 0 Å². The molecule has 2 aromatic heterocycles. The lowest BCUT2D eigenvalue weighted by Crippen LogP contribution is -2.51. The number of nitrogen functional groups attached to an aromatic ring is 1. The van der Waals surface area contributed by atoms with Crippen molar-refractivity contribution in [1.29, 1.82) is 0 Å². The second-order valence-corrected chi connectivity index (χ2v) is 9.22. The van der Waals surface area contributed by atoms with E-state index in [2.05, 4.69) is 9.69 Å². The number of carbonyl (C=O) groups excluding carboxylic acids is 3. The van der Waals surface area contributed by atoms with Crippen molar-refractivity contribution in [2.45, 2.75) is 64.1 Å². The first-order valence-corrected chi connectivity index (χ1v) is 11.8. The molecular weight excluding hydrogens is 422 g/mol. The lowest BCUT2D eigenvalue weighted by molar-refractivity contribution is -0.126. The third-order valence-electron chi connectivity index (χ3n) is 5.34. The number of nitrogens with one attached hydrogen (secondary N) is 1. The van der Waals surface area contributed by atoms with Gasteiger partial charge < -0.3 is 21.7 Å². The summed E-state index contributed by atoms with van der Waals surface area (Å²) in [5.74, 6) is -1.36. The van der Waals surface area contributed by atoms with Gasteiger partial charge in [-0.05, 0) is 42.2 Å². The molecule has 162 valence electrons. The van der Waals surface area contributed by atoms with E-state index >= 15 is 0 Å². The number of aromatic nitrogens is 1. The molecule has 1 saturated carbocycles. The normalized spacial score (nSPS) is 15.5. The molecule has 1 atom stereocenters. The van der Waals surface area contributed by atoms with E-state index in [1.807, 2.05) is 24.4 Å². The first-order chi connectivity index (χ1) is 14.4. The zero-order valence-corrected chi connectivity index (χ0v) is 18.6. The van der Waals surface area contributed by atoms with Crippen LogP contribution in [0.2, 0.25) is 0 Å². The predicted molar refractivity (Wildman–Crippen MR) is 118 cm³/mol. The zero-order chi connectivity index (χ0) is 21.7. The van der Waals surface area contributed by atoms with Crippen molar-refractivity contribution in [2.75, 3.05) is 5.73 Å². The minimum atomic E-state index is -0.783. The molecule has 30 heavy (non-hydrogen) atoms. The van der Waals surface area contributed by atoms with Gasteiger partial charge in [-0.3, -0.25) is 14.4 Å². The van der Waals surface area contributed by atoms with Gasteiger partial charge in [0.05, 0.1) is 12.2 Å². The number of hydrogen-bond donors (Lipinski definition) is 3. The largest absolute Gasteiger partial charge is 0.395 e. The van der Waals surface area contributed by atoms with Crippen molar-refractivity contribution < 1.29 is 14.4 Å². The Morgan fingerprint density at radius 1 is 1.30 bits per heavy atom. The molecular formula is C20H27N5O3S2. The van der Waals surface area contributed by atoms with E-state index in [4.69, 9.17) is 11.5 Å². The highest BCUT2D eigenvalue weighted by atomic mass is 32.1. The van der Waals surface area contributed by atoms with Gasteiger partial charge in [-0.1, -0.05) is 32.3 Å². The third kappa shape index (κ3) is 4.99. The molecule has 1 fully saturated rings. The number of rotatable bonds is 8. The molecule has 8 nitrogen and oxygen atoms in total. The monoisotopic (exact) mass is 449 g/mol. The standard InChI is InChI=1S/C20H27N5O3S2/c1-2-14(19(27)23-12-7-4-3-5-8-12)25(11-13-9-6-10-29-13)20(28)17-15(21)16(18(22)26)24-30-17/h6,9-10,12,14H,2-5,7-8,11,21H2,1H3,(H2,22,26)(H,23,27)/t14-/m1/s1. The van der Waals surface area contributed by atoms with E-state index in [9.17, 15) is 14.4 Å². The lowest BCUT2D eigenvalue weighted by atomic mass is 9.95. The number of anilines is 1. The average Bonchev–Trinajstić information content (AvgIpc) is 3.37. The summed E-state index contributed by atoms with van der Waals surface area (Å²) in [7, 11) is 0. The van der Waals surface area contributed by atoms with E-state index in [-0.39, 0.29) is 34.8 Å². The second-order valence-electron chi connectivity index (χ2n) is 7.42. The molecule has 1 aliphatic rings. The molecule has 0 radical (unpaired) electrons. The van der Waals surface area contributed by atoms with Crippen molar-refractivity contribution in [3.05, 3.63) is 33.0 Å². The van der Waals surface area contributed by atoms with E-state index < -0.39 is 17.9 Å². The summed E-state index contributed by atoms with van der Waals surface area (Å²) in [5, 5.41) is 5.05. The van der Waals surface area contributed by atoms with Crippen LogP contribution in [0.3, 0.4) is 0 Å². The molecule has 0 aliphatic heterocycles. The fourth-order valence-electron chi connectivity index (χ4n) is 3.75. The SMILES string of the molecule is CC[C@H](C(=O)NC1CCCCC1)N(Cc1cccs1)C(=O)c1snc(C(N)=O)c1N. The minimum absolute atomic E-state index is 0.0313. The van der Waals surface area contributed by atoms with Gasteiger partial charge in [-0.2, -0.15) is 4.37 Å².